The van der Waals surface area contributed by atoms with Gasteiger partial charge in [0, 0.05) is 38.0 Å². The molecule has 0 N–H and O–H groups in total. The summed E-state index contributed by atoms with van der Waals surface area (Å²) in [5.74, 6) is 1.49. The molecule has 130 valence electrons. The second-order valence-electron chi connectivity index (χ2n) is 6.41. The molecule has 1 aliphatic heterocycles. The zero-order valence-electron chi connectivity index (χ0n) is 14.3. The molecule has 8 heteroatoms. The standard InChI is InChI=1S/C17H20N6O2/c1-3-15-18-16(20-25-15)12-5-4-8-23(10-12)17(24)11-6-7-14-13(9-11)19-21-22(14)2/h6-7,9,12H,3-5,8,10H2,1-2H3/t12-/m1/s1. The number of aromatic nitrogens is 5. The lowest BCUT2D eigenvalue weighted by atomic mass is 9.96. The van der Waals surface area contributed by atoms with E-state index in [1.807, 2.05) is 31.0 Å². The van der Waals surface area contributed by atoms with E-state index in [9.17, 15) is 4.79 Å². The first-order chi connectivity index (χ1) is 12.2. The molecule has 1 atom stereocenters. The average Bonchev–Trinajstić information content (AvgIpc) is 3.28. The van der Waals surface area contributed by atoms with Gasteiger partial charge >= 0.3 is 0 Å². The fourth-order valence-electron chi connectivity index (χ4n) is 3.31. The Morgan fingerprint density at radius 2 is 2.28 bits per heavy atom. The number of carbonyl (C=O) groups is 1. The summed E-state index contributed by atoms with van der Waals surface area (Å²) in [4.78, 5) is 19.2. The summed E-state index contributed by atoms with van der Waals surface area (Å²) in [6, 6.07) is 5.52. The molecule has 3 heterocycles. The summed E-state index contributed by atoms with van der Waals surface area (Å²) in [6.45, 7) is 3.34. The number of benzene rings is 1. The zero-order valence-corrected chi connectivity index (χ0v) is 14.3. The van der Waals surface area contributed by atoms with Crippen LogP contribution >= 0.6 is 0 Å². The molecule has 0 bridgehead atoms. The Morgan fingerprint density at radius 3 is 3.08 bits per heavy atom. The molecule has 0 saturated carbocycles. The molecule has 3 aromatic rings. The van der Waals surface area contributed by atoms with Crippen LogP contribution in [0.15, 0.2) is 22.7 Å². The number of piperidine rings is 1. The van der Waals surface area contributed by atoms with E-state index in [1.165, 1.54) is 0 Å². The van der Waals surface area contributed by atoms with Gasteiger partial charge in [-0.3, -0.25) is 4.79 Å². The van der Waals surface area contributed by atoms with Crippen LogP contribution in [0, 0.1) is 0 Å². The zero-order chi connectivity index (χ0) is 17.4. The number of fused-ring (bicyclic) bond motifs is 1. The molecule has 0 spiro atoms. The quantitative estimate of drug-likeness (QED) is 0.724. The van der Waals surface area contributed by atoms with Crippen LogP contribution in [0.4, 0.5) is 0 Å². The van der Waals surface area contributed by atoms with E-state index in [0.717, 1.165) is 36.8 Å². The Bertz CT molecular complexity index is 915. The predicted molar refractivity (Wildman–Crippen MR) is 90.1 cm³/mol. The fraction of sp³-hybridized carbons (Fsp3) is 0.471. The lowest BCUT2D eigenvalue weighted by molar-refractivity contribution is 0.0703. The van der Waals surface area contributed by atoms with Gasteiger partial charge in [-0.25, -0.2) is 4.68 Å². The first-order valence-electron chi connectivity index (χ1n) is 8.57. The van der Waals surface area contributed by atoms with E-state index in [1.54, 1.807) is 10.7 Å². The Morgan fingerprint density at radius 1 is 1.40 bits per heavy atom. The van der Waals surface area contributed by atoms with Crippen LogP contribution in [-0.4, -0.2) is 49.0 Å². The van der Waals surface area contributed by atoms with Crippen LogP contribution in [0.25, 0.3) is 11.0 Å². The van der Waals surface area contributed by atoms with Crippen molar-refractivity contribution in [3.8, 4) is 0 Å². The van der Waals surface area contributed by atoms with Gasteiger partial charge in [0.2, 0.25) is 5.89 Å². The number of hydrogen-bond acceptors (Lipinski definition) is 6. The van der Waals surface area contributed by atoms with E-state index in [4.69, 9.17) is 4.52 Å². The third kappa shape index (κ3) is 2.88. The van der Waals surface area contributed by atoms with Gasteiger partial charge in [0.15, 0.2) is 5.82 Å². The molecule has 1 amide bonds. The van der Waals surface area contributed by atoms with Crippen molar-refractivity contribution in [1.29, 1.82) is 0 Å². The van der Waals surface area contributed by atoms with E-state index >= 15 is 0 Å². The average molecular weight is 340 g/mol. The highest BCUT2D eigenvalue weighted by Crippen LogP contribution is 2.26. The van der Waals surface area contributed by atoms with E-state index in [2.05, 4.69) is 20.5 Å². The molecule has 1 saturated heterocycles. The first-order valence-corrected chi connectivity index (χ1v) is 8.57. The Hall–Kier alpha value is -2.77. The van der Waals surface area contributed by atoms with E-state index in [0.29, 0.717) is 23.8 Å². The molecular formula is C17H20N6O2. The highest BCUT2D eigenvalue weighted by molar-refractivity contribution is 5.97. The number of aryl methyl sites for hydroxylation is 2. The number of hydrogen-bond donors (Lipinski definition) is 0. The van der Waals surface area contributed by atoms with Gasteiger partial charge in [0.1, 0.15) is 5.52 Å². The number of amides is 1. The summed E-state index contributed by atoms with van der Waals surface area (Å²) < 4.78 is 6.91. The topological polar surface area (TPSA) is 89.9 Å². The minimum Gasteiger partial charge on any atom is -0.339 e. The van der Waals surface area contributed by atoms with Crippen LogP contribution in [0.5, 0.6) is 0 Å². The Labute approximate surface area is 144 Å². The van der Waals surface area contributed by atoms with Gasteiger partial charge in [-0.05, 0) is 31.0 Å². The maximum absolute atomic E-state index is 12.9. The summed E-state index contributed by atoms with van der Waals surface area (Å²) in [6.07, 6.45) is 2.62. The fourth-order valence-corrected chi connectivity index (χ4v) is 3.31. The number of likely N-dealkylation sites (tertiary alicyclic amines) is 1. The number of carbonyl (C=O) groups excluding carboxylic acids is 1. The van der Waals surface area contributed by atoms with Crippen LogP contribution in [0.2, 0.25) is 0 Å². The summed E-state index contributed by atoms with van der Waals surface area (Å²) in [5, 5.41) is 12.2. The predicted octanol–water partition coefficient (Wildman–Crippen LogP) is 1.93. The second-order valence-corrected chi connectivity index (χ2v) is 6.41. The van der Waals surface area contributed by atoms with Gasteiger partial charge in [-0.15, -0.1) is 5.10 Å². The van der Waals surface area contributed by atoms with Gasteiger partial charge < -0.3 is 9.42 Å². The van der Waals surface area contributed by atoms with Crippen LogP contribution in [0.3, 0.4) is 0 Å². The van der Waals surface area contributed by atoms with Crippen molar-refractivity contribution in [3.05, 3.63) is 35.5 Å². The van der Waals surface area contributed by atoms with Crippen molar-refractivity contribution in [1.82, 2.24) is 30.0 Å². The highest BCUT2D eigenvalue weighted by atomic mass is 16.5. The Kier molecular flexibility index (Phi) is 3.95. The maximum Gasteiger partial charge on any atom is 0.253 e. The maximum atomic E-state index is 12.9. The number of rotatable bonds is 3. The molecule has 0 radical (unpaired) electrons. The van der Waals surface area contributed by atoms with Gasteiger partial charge in [-0.1, -0.05) is 17.3 Å². The molecule has 8 nitrogen and oxygen atoms in total. The molecule has 25 heavy (non-hydrogen) atoms. The van der Waals surface area contributed by atoms with Crippen molar-refractivity contribution in [2.75, 3.05) is 13.1 Å². The van der Waals surface area contributed by atoms with E-state index in [-0.39, 0.29) is 11.8 Å². The third-order valence-electron chi connectivity index (χ3n) is 4.72. The molecule has 4 rings (SSSR count). The van der Waals surface area contributed by atoms with Gasteiger partial charge in [0.05, 0.1) is 5.52 Å². The van der Waals surface area contributed by atoms with Gasteiger partial charge in [0.25, 0.3) is 5.91 Å². The molecule has 1 aromatic carbocycles. The molecule has 1 fully saturated rings. The summed E-state index contributed by atoms with van der Waals surface area (Å²) >= 11 is 0. The first kappa shape index (κ1) is 15.7. The Balaban J connectivity index is 1.54. The lowest BCUT2D eigenvalue weighted by Crippen LogP contribution is -2.39. The summed E-state index contributed by atoms with van der Waals surface area (Å²) in [5.41, 5.74) is 2.27. The van der Waals surface area contributed by atoms with Crippen LogP contribution in [0.1, 0.15) is 47.8 Å². The monoisotopic (exact) mass is 340 g/mol. The third-order valence-corrected chi connectivity index (χ3v) is 4.72. The van der Waals surface area contributed by atoms with E-state index < -0.39 is 0 Å². The van der Waals surface area contributed by atoms with Crippen molar-refractivity contribution in [3.63, 3.8) is 0 Å². The summed E-state index contributed by atoms with van der Waals surface area (Å²) in [7, 11) is 1.83. The lowest BCUT2D eigenvalue weighted by Gasteiger charge is -2.31. The molecule has 0 unspecified atom stereocenters. The second kappa shape index (κ2) is 6.27. The SMILES string of the molecule is CCc1nc([C@@H]2CCCN(C(=O)c3ccc4c(c3)nnn4C)C2)no1. The van der Waals surface area contributed by atoms with Gasteiger partial charge in [-0.2, -0.15) is 4.98 Å². The molecule has 0 aliphatic carbocycles. The minimum absolute atomic E-state index is 0.0106. The van der Waals surface area contributed by atoms with Crippen LogP contribution in [-0.2, 0) is 13.5 Å². The molecule has 1 aliphatic rings. The van der Waals surface area contributed by atoms with Crippen molar-refractivity contribution < 1.29 is 9.32 Å². The number of nitrogens with zero attached hydrogens (tertiary/aromatic N) is 6. The largest absolute Gasteiger partial charge is 0.339 e. The molecular weight excluding hydrogens is 320 g/mol. The normalized spacial score (nSPS) is 18.0. The van der Waals surface area contributed by atoms with Crippen molar-refractivity contribution >= 4 is 16.9 Å². The molecule has 2 aromatic heterocycles. The smallest absolute Gasteiger partial charge is 0.253 e. The van der Waals surface area contributed by atoms with Crippen molar-refractivity contribution in [2.45, 2.75) is 32.1 Å². The minimum atomic E-state index is 0.0106. The highest BCUT2D eigenvalue weighted by Gasteiger charge is 2.28. The van der Waals surface area contributed by atoms with Crippen LogP contribution < -0.4 is 0 Å². The van der Waals surface area contributed by atoms with Crippen molar-refractivity contribution in [2.24, 2.45) is 7.05 Å².